The number of ether oxygens (including phenoxy) is 2. The van der Waals surface area contributed by atoms with Crippen LogP contribution in [-0.2, 0) is 14.8 Å². The van der Waals surface area contributed by atoms with Gasteiger partial charge in [0.1, 0.15) is 11.4 Å². The molecule has 1 spiro atoms. The Hall–Kier alpha value is -3.88. The fourth-order valence-corrected chi connectivity index (χ4v) is 7.80. The molecule has 2 N–H and O–H groups in total. The molecule has 2 saturated heterocycles. The van der Waals surface area contributed by atoms with Crippen LogP contribution in [-0.4, -0.2) is 84.5 Å². The number of benzene rings is 2. The van der Waals surface area contributed by atoms with Gasteiger partial charge in [-0.15, -0.1) is 8.78 Å². The predicted molar refractivity (Wildman–Crippen MR) is 156 cm³/mol. The number of likely N-dealkylation sites (tertiary alicyclic amines) is 1. The third-order valence-corrected chi connectivity index (χ3v) is 10.5. The highest BCUT2D eigenvalue weighted by Crippen LogP contribution is 2.42. The van der Waals surface area contributed by atoms with E-state index in [2.05, 4.69) is 26.4 Å². The van der Waals surface area contributed by atoms with E-state index in [0.29, 0.717) is 53.7 Å². The summed E-state index contributed by atoms with van der Waals surface area (Å²) in [6.07, 6.45) is -2.95. The minimum Gasteiger partial charge on any atom is -0.395 e. The van der Waals surface area contributed by atoms with E-state index in [1.807, 2.05) is 0 Å². The average Bonchev–Trinajstić information content (AvgIpc) is 3.46. The van der Waals surface area contributed by atoms with Crippen molar-refractivity contribution in [1.82, 2.24) is 14.5 Å². The van der Waals surface area contributed by atoms with Crippen LogP contribution in [0.25, 0.3) is 4.91 Å². The zero-order valence-corrected chi connectivity index (χ0v) is 25.0. The zero-order chi connectivity index (χ0) is 31.6. The number of fused-ring (bicyclic) bond motifs is 1. The molecule has 0 unspecified atom stereocenters. The lowest BCUT2D eigenvalue weighted by Gasteiger charge is -2.35. The van der Waals surface area contributed by atoms with Gasteiger partial charge in [0.2, 0.25) is 10.0 Å². The van der Waals surface area contributed by atoms with Crippen LogP contribution in [0.3, 0.4) is 0 Å². The van der Waals surface area contributed by atoms with Crippen LogP contribution >= 0.6 is 0 Å². The van der Waals surface area contributed by atoms with Crippen LogP contribution in [0, 0.1) is 13.8 Å². The number of hydrogen-bond acceptors (Lipinski definition) is 8. The molecule has 4 heterocycles. The molecule has 6 rings (SSSR count). The lowest BCUT2D eigenvalue weighted by atomic mass is 9.89. The minimum atomic E-state index is -4.03. The summed E-state index contributed by atoms with van der Waals surface area (Å²) in [5, 5.41) is 12.5. The van der Waals surface area contributed by atoms with Crippen molar-refractivity contribution in [3.05, 3.63) is 64.7 Å². The van der Waals surface area contributed by atoms with Crippen LogP contribution in [0.4, 0.5) is 8.78 Å². The standard InChI is InChI=1S/C30H32F2N4O7S/c1-17-14-21(27(38)35-10-6-22(37)7-11-35)15-18(2)25(17)19(3)44(40,41)36-12-8-29(9-13-36)28(39)33-26(34-29)20-4-5-23-24(16-20)43-30(31,32)42-23/h4-5,14-16,22,37H,3,6-13H2,1-2H3,(H,33,34,39). The lowest BCUT2D eigenvalue weighted by Crippen LogP contribution is -2.50. The van der Waals surface area contributed by atoms with Crippen molar-refractivity contribution in [2.24, 2.45) is 4.99 Å². The number of hydrogen-bond donors (Lipinski definition) is 2. The van der Waals surface area contributed by atoms with E-state index in [0.717, 1.165) is 0 Å². The molecule has 14 heteroatoms. The Bertz CT molecular complexity index is 1690. The first-order valence-corrected chi connectivity index (χ1v) is 15.7. The second-order valence-corrected chi connectivity index (χ2v) is 13.6. The van der Waals surface area contributed by atoms with Gasteiger partial charge in [-0.1, -0.05) is 6.58 Å². The Morgan fingerprint density at radius 2 is 1.66 bits per heavy atom. The van der Waals surface area contributed by atoms with Gasteiger partial charge >= 0.3 is 6.29 Å². The minimum absolute atomic E-state index is 0.00832. The monoisotopic (exact) mass is 630 g/mol. The Morgan fingerprint density at radius 1 is 1.05 bits per heavy atom. The number of carbonyl (C=O) groups excluding carboxylic acids is 2. The number of amides is 2. The van der Waals surface area contributed by atoms with Crippen LogP contribution < -0.4 is 14.8 Å². The summed E-state index contributed by atoms with van der Waals surface area (Å²) in [6, 6.07) is 7.41. The second-order valence-electron chi connectivity index (χ2n) is 11.6. The number of carbonyl (C=O) groups is 2. The molecule has 2 aromatic rings. The molecule has 0 saturated carbocycles. The van der Waals surface area contributed by atoms with E-state index in [1.165, 1.54) is 22.5 Å². The fraction of sp³-hybridized carbons (Fsp3) is 0.433. The largest absolute Gasteiger partial charge is 0.586 e. The van der Waals surface area contributed by atoms with Crippen LogP contribution in [0.1, 0.15) is 58.3 Å². The third kappa shape index (κ3) is 5.24. The van der Waals surface area contributed by atoms with Crippen molar-refractivity contribution in [3.8, 4) is 11.5 Å². The first-order chi connectivity index (χ1) is 20.7. The normalized spacial score (nSPS) is 21.3. The van der Waals surface area contributed by atoms with Crippen molar-refractivity contribution >= 4 is 32.6 Å². The van der Waals surface area contributed by atoms with E-state index in [-0.39, 0.29) is 54.1 Å². The molecule has 2 amide bonds. The van der Waals surface area contributed by atoms with E-state index < -0.39 is 33.9 Å². The molecule has 44 heavy (non-hydrogen) atoms. The molecule has 4 aliphatic heterocycles. The van der Waals surface area contributed by atoms with Crippen molar-refractivity contribution in [2.75, 3.05) is 26.2 Å². The van der Waals surface area contributed by atoms with Gasteiger partial charge < -0.3 is 24.8 Å². The number of halogens is 2. The molecule has 0 atom stereocenters. The number of aryl methyl sites for hydroxylation is 2. The molecule has 0 bridgehead atoms. The van der Waals surface area contributed by atoms with E-state index >= 15 is 0 Å². The van der Waals surface area contributed by atoms with E-state index in [9.17, 15) is 31.9 Å². The number of alkyl halides is 2. The Labute approximate surface area is 253 Å². The van der Waals surface area contributed by atoms with Gasteiger partial charge in [0.05, 0.1) is 11.0 Å². The highest BCUT2D eigenvalue weighted by Gasteiger charge is 2.49. The van der Waals surface area contributed by atoms with Gasteiger partial charge in [-0.25, -0.2) is 8.42 Å². The highest BCUT2D eigenvalue weighted by molar-refractivity contribution is 7.98. The topological polar surface area (TPSA) is 138 Å². The summed E-state index contributed by atoms with van der Waals surface area (Å²) in [4.78, 5) is 32.3. The fourth-order valence-electron chi connectivity index (χ4n) is 6.25. The summed E-state index contributed by atoms with van der Waals surface area (Å²) >= 11 is 0. The number of sulfonamides is 1. The lowest BCUT2D eigenvalue weighted by molar-refractivity contribution is -0.286. The summed E-state index contributed by atoms with van der Waals surface area (Å²) in [5.74, 6) is -0.705. The molecular weight excluding hydrogens is 598 g/mol. The van der Waals surface area contributed by atoms with Crippen molar-refractivity contribution in [2.45, 2.75) is 57.5 Å². The number of amidine groups is 1. The average molecular weight is 631 g/mol. The number of nitrogens with one attached hydrogen (secondary N) is 1. The first-order valence-electron chi connectivity index (χ1n) is 14.3. The SMILES string of the molecule is C=C(c1c(C)cc(C(=O)N2CCC(O)CC2)cc1C)S(=O)(=O)N1CCC2(CC1)N=C(c1ccc3c(c1)OC(F)(F)O3)NC2=O. The van der Waals surface area contributed by atoms with Crippen molar-refractivity contribution in [1.29, 1.82) is 0 Å². The van der Waals surface area contributed by atoms with Gasteiger partial charge in [-0.05, 0) is 86.6 Å². The summed E-state index contributed by atoms with van der Waals surface area (Å²) in [6.45, 7) is 8.33. The first kappa shape index (κ1) is 30.2. The summed E-state index contributed by atoms with van der Waals surface area (Å²) < 4.78 is 64.5. The number of aliphatic hydroxyl groups excluding tert-OH is 1. The zero-order valence-electron chi connectivity index (χ0n) is 24.2. The molecule has 2 fully saturated rings. The Morgan fingerprint density at radius 3 is 2.30 bits per heavy atom. The summed E-state index contributed by atoms with van der Waals surface area (Å²) in [7, 11) is -4.03. The molecule has 0 aliphatic carbocycles. The molecule has 2 aromatic carbocycles. The van der Waals surface area contributed by atoms with Gasteiger partial charge in [-0.3, -0.25) is 14.6 Å². The third-order valence-electron chi connectivity index (χ3n) is 8.67. The number of piperidine rings is 2. The molecule has 4 aliphatic rings. The van der Waals surface area contributed by atoms with Gasteiger partial charge in [0.25, 0.3) is 11.8 Å². The maximum Gasteiger partial charge on any atom is 0.586 e. The second kappa shape index (κ2) is 10.6. The Balaban J connectivity index is 1.16. The van der Waals surface area contributed by atoms with Crippen LogP contribution in [0.5, 0.6) is 11.5 Å². The maximum absolute atomic E-state index is 13.7. The molecule has 0 radical (unpaired) electrons. The number of aliphatic hydroxyl groups is 1. The van der Waals surface area contributed by atoms with Crippen LogP contribution in [0.2, 0.25) is 0 Å². The number of nitrogens with zero attached hydrogens (tertiary/aromatic N) is 3. The van der Waals surface area contributed by atoms with Crippen LogP contribution in [0.15, 0.2) is 41.9 Å². The smallest absolute Gasteiger partial charge is 0.395 e. The predicted octanol–water partition coefficient (Wildman–Crippen LogP) is 2.93. The Kier molecular flexibility index (Phi) is 7.29. The maximum atomic E-state index is 13.7. The van der Waals surface area contributed by atoms with E-state index in [1.54, 1.807) is 30.9 Å². The molecule has 0 aromatic heterocycles. The number of rotatable bonds is 5. The van der Waals surface area contributed by atoms with Gasteiger partial charge in [-0.2, -0.15) is 4.31 Å². The van der Waals surface area contributed by atoms with Gasteiger partial charge in [0.15, 0.2) is 11.5 Å². The highest BCUT2D eigenvalue weighted by atomic mass is 32.2. The molecule has 234 valence electrons. The molecule has 11 nitrogen and oxygen atoms in total. The molecular formula is C30H32F2N4O7S. The number of aliphatic imine (C=N–C) groups is 1. The summed E-state index contributed by atoms with van der Waals surface area (Å²) in [5.41, 5.74) is 1.22. The quantitative estimate of drug-likeness (QED) is 0.518. The van der Waals surface area contributed by atoms with E-state index in [4.69, 9.17) is 0 Å². The van der Waals surface area contributed by atoms with Crippen molar-refractivity contribution in [3.63, 3.8) is 0 Å². The van der Waals surface area contributed by atoms with Crippen molar-refractivity contribution < 1.29 is 41.4 Å². The van der Waals surface area contributed by atoms with Gasteiger partial charge in [0, 0.05) is 37.3 Å².